The molecule has 0 aromatic rings. The van der Waals surface area contributed by atoms with Gasteiger partial charge in [0.05, 0.1) is 86.6 Å². The first-order valence-electron chi connectivity index (χ1n) is 33.4. The molecule has 4 aliphatic carbocycles. The quantitative estimate of drug-likeness (QED) is 0.0237. The maximum Gasteiger partial charge on any atom is 0.407 e. The molecule has 5 N–H and O–H groups in total. The number of carbonyl (C=O) groups excluding carboxylic acids is 5. The number of allylic oxidation sites excluding steroid dienone is 3. The smallest absolute Gasteiger partial charge is 0.407 e. The van der Waals surface area contributed by atoms with Gasteiger partial charge in [0.25, 0.3) is 0 Å². The fourth-order valence-electron chi connectivity index (χ4n) is 17.3. The van der Waals surface area contributed by atoms with Crippen molar-refractivity contribution in [3.05, 3.63) is 56.9 Å². The normalized spacial score (nSPS) is 49.0. The second kappa shape index (κ2) is 28.3. The minimum absolute atomic E-state index is 0.0676. The molecule has 2 bridgehead atoms. The topological polar surface area (TPSA) is 341 Å². The van der Waals surface area contributed by atoms with Crippen LogP contribution in [0.4, 0.5) is 4.79 Å². The Morgan fingerprint density at radius 1 is 0.699 bits per heavy atom. The summed E-state index contributed by atoms with van der Waals surface area (Å²) in [5.41, 5.74) is -4.75. The van der Waals surface area contributed by atoms with E-state index in [1.54, 1.807) is 33.8 Å². The van der Waals surface area contributed by atoms with E-state index in [-0.39, 0.29) is 50.4 Å². The number of carbonyl (C=O) groups is 5. The van der Waals surface area contributed by atoms with Crippen LogP contribution in [0.3, 0.4) is 0 Å². The minimum Gasteiger partial charge on any atom is -0.511 e. The van der Waals surface area contributed by atoms with Crippen LogP contribution in [0.25, 0.3) is 0 Å². The van der Waals surface area contributed by atoms with Gasteiger partial charge in [0, 0.05) is 74.0 Å². The Labute approximate surface area is 543 Å². The van der Waals surface area contributed by atoms with Gasteiger partial charge >= 0.3 is 18.0 Å². The van der Waals surface area contributed by atoms with E-state index in [0.717, 1.165) is 12.7 Å². The monoisotopic (exact) mass is 1310 g/mol. The number of hydrogen-bond donors (Lipinski definition) is 5. The Morgan fingerprint density at radius 2 is 1.33 bits per heavy atom. The second-order valence-electron chi connectivity index (χ2n) is 28.6. The molecule has 0 radical (unpaired) electrons. The van der Waals surface area contributed by atoms with Crippen molar-refractivity contribution < 1.29 is 111 Å². The van der Waals surface area contributed by atoms with E-state index in [1.807, 2.05) is 39.8 Å². The summed E-state index contributed by atoms with van der Waals surface area (Å²) in [4.78, 5) is 80.6. The molecule has 26 heteroatoms. The van der Waals surface area contributed by atoms with Crippen LogP contribution in [0, 0.1) is 57.0 Å². The van der Waals surface area contributed by atoms with Crippen molar-refractivity contribution in [3.8, 4) is 0 Å². The number of alkyl carbamates (subject to hydrolysis) is 1. The molecule has 520 valence electrons. The zero-order valence-electron chi connectivity index (χ0n) is 55.7. The van der Waals surface area contributed by atoms with E-state index in [4.69, 9.17) is 61.6 Å². The van der Waals surface area contributed by atoms with E-state index < -0.39 is 209 Å². The number of ether oxygens (including phenoxy) is 13. The predicted molar refractivity (Wildman–Crippen MR) is 325 cm³/mol. The molecule has 10 rings (SSSR count). The number of nitro groups is 1. The molecule has 1 spiro atoms. The summed E-state index contributed by atoms with van der Waals surface area (Å²) >= 11 is 0. The molecule has 0 aromatic carbocycles. The van der Waals surface area contributed by atoms with Gasteiger partial charge in [-0.1, -0.05) is 50.6 Å². The number of rotatable bonds is 14. The van der Waals surface area contributed by atoms with Gasteiger partial charge in [0.1, 0.15) is 35.9 Å². The number of aliphatic hydroxyl groups is 4. The lowest BCUT2D eigenvalue weighted by molar-refractivity contribution is -0.584. The van der Waals surface area contributed by atoms with E-state index in [2.05, 4.69) is 25.2 Å². The SMILES string of the molecule is COC(=O)N[C@H]1[C@@H](C)O[C@@H](O[C@H]2C/C=C(\C)[C@@H]3C=C[C@@H]4[C@@H](O[C@H]5C[C@@H](O[C@H]6CCC(O[C@H]7C[C@@H](O)C(O[C@H]8CC[C@@H](O)[C@H](C)O8)[C@H](C)O7)[C@H](C)O6)[C@@H](OC(C)=O)[C@H](C)O5)[C@H](C)C[C@H](C)[C@H]4[C@]3(C)/C(O)=C3\C(=O)O[C@]4(C[C@@H](C=O)C[C@H](O)[C@H]4/C=C/2C)C3=O)C[C@]1(C)[N+](=O)[O-]. The number of aliphatic hydroxyl groups excluding tert-OH is 4. The van der Waals surface area contributed by atoms with Crippen molar-refractivity contribution in [2.75, 3.05) is 7.11 Å². The molecular formula is C67H98N2O24. The Hall–Kier alpha value is -4.81. The average Bonchev–Trinajstić information content (AvgIpc) is 1.68. The highest BCUT2D eigenvalue weighted by atomic mass is 16.8. The van der Waals surface area contributed by atoms with Gasteiger partial charge < -0.3 is 92.1 Å². The summed E-state index contributed by atoms with van der Waals surface area (Å²) in [6.45, 7) is 21.1. The molecule has 6 heterocycles. The van der Waals surface area contributed by atoms with Crippen molar-refractivity contribution >= 4 is 30.1 Å². The molecule has 8 fully saturated rings. The fourth-order valence-corrected chi connectivity index (χ4v) is 17.3. The number of nitrogens with zero attached hydrogens (tertiary/aromatic N) is 1. The van der Waals surface area contributed by atoms with Crippen molar-refractivity contribution in [2.24, 2.45) is 46.8 Å². The first-order valence-corrected chi connectivity index (χ1v) is 33.4. The molecule has 2 unspecified atom stereocenters. The number of nitrogens with one attached hydrogen (secondary N) is 1. The Morgan fingerprint density at radius 3 is 1.99 bits per heavy atom. The number of methoxy groups -OCH3 is 1. The van der Waals surface area contributed by atoms with Gasteiger partial charge in [-0.3, -0.25) is 19.7 Å². The molecule has 6 saturated heterocycles. The molecule has 6 aliphatic heterocycles. The number of fused-ring (bicyclic) bond motifs is 4. The van der Waals surface area contributed by atoms with Gasteiger partial charge in [-0.25, -0.2) is 9.59 Å². The number of hydrogen-bond acceptors (Lipinski definition) is 24. The van der Waals surface area contributed by atoms with Crippen LogP contribution in [0.1, 0.15) is 154 Å². The molecular weight excluding hydrogens is 1220 g/mol. The summed E-state index contributed by atoms with van der Waals surface area (Å²) < 4.78 is 81.6. The molecule has 2 saturated carbocycles. The van der Waals surface area contributed by atoms with Crippen molar-refractivity contribution in [3.63, 3.8) is 0 Å². The minimum atomic E-state index is -2.13. The number of ketones is 1. The van der Waals surface area contributed by atoms with E-state index in [0.29, 0.717) is 44.0 Å². The average molecular weight is 1320 g/mol. The van der Waals surface area contributed by atoms with Crippen LogP contribution in [-0.4, -0.2) is 197 Å². The largest absolute Gasteiger partial charge is 0.511 e. The van der Waals surface area contributed by atoms with Crippen LogP contribution in [-0.2, 0) is 80.8 Å². The third-order valence-corrected chi connectivity index (χ3v) is 22.1. The Bertz CT molecular complexity index is 2890. The third-order valence-electron chi connectivity index (χ3n) is 22.1. The summed E-state index contributed by atoms with van der Waals surface area (Å²) in [6.07, 6.45) is -4.93. The van der Waals surface area contributed by atoms with Gasteiger partial charge in [0.2, 0.25) is 11.3 Å². The molecule has 26 nitrogen and oxygen atoms in total. The van der Waals surface area contributed by atoms with Crippen LogP contribution in [0.5, 0.6) is 0 Å². The van der Waals surface area contributed by atoms with E-state index in [1.165, 1.54) is 13.8 Å². The van der Waals surface area contributed by atoms with Crippen LogP contribution < -0.4 is 5.32 Å². The number of aldehydes is 1. The zero-order valence-corrected chi connectivity index (χ0v) is 55.7. The molecule has 1 amide bonds. The number of amides is 1. The maximum atomic E-state index is 15.6. The molecule has 30 atom stereocenters. The Balaban J connectivity index is 0.903. The lowest BCUT2D eigenvalue weighted by Crippen LogP contribution is -2.65. The molecule has 10 aliphatic rings. The molecule has 0 aromatic heterocycles. The number of Topliss-reactive ketones (excluding diaryl/α,β-unsaturated/α-hetero) is 1. The van der Waals surface area contributed by atoms with Gasteiger partial charge in [-0.15, -0.1) is 0 Å². The Kier molecular flexibility index (Phi) is 21.6. The highest BCUT2D eigenvalue weighted by Crippen LogP contribution is 2.61. The number of esters is 2. The zero-order chi connectivity index (χ0) is 67.5. The third kappa shape index (κ3) is 14.1. The fraction of sp³-hybridized carbons (Fsp3) is 0.806. The van der Waals surface area contributed by atoms with Crippen LogP contribution in [0.2, 0.25) is 0 Å². The van der Waals surface area contributed by atoms with Crippen molar-refractivity contribution in [1.29, 1.82) is 0 Å². The lowest BCUT2D eigenvalue weighted by Gasteiger charge is -2.56. The first kappa shape index (κ1) is 71.0. The summed E-state index contributed by atoms with van der Waals surface area (Å²) in [6, 6.07) is -1.12. The summed E-state index contributed by atoms with van der Waals surface area (Å²) in [5.74, 6) is -7.16. The second-order valence-corrected chi connectivity index (χ2v) is 28.6. The van der Waals surface area contributed by atoms with E-state index >= 15 is 4.79 Å². The lowest BCUT2D eigenvalue weighted by atomic mass is 9.49. The summed E-state index contributed by atoms with van der Waals surface area (Å²) in [5, 5.41) is 62.1. The van der Waals surface area contributed by atoms with Crippen LogP contribution >= 0.6 is 0 Å². The van der Waals surface area contributed by atoms with Crippen LogP contribution in [0.15, 0.2) is 46.8 Å². The highest BCUT2D eigenvalue weighted by Gasteiger charge is 2.66. The maximum absolute atomic E-state index is 15.6. The highest BCUT2D eigenvalue weighted by molar-refractivity contribution is 6.26. The standard InChI is InChI=1S/C67H98N2O24/c1-30-14-18-47(88-54-28-65(11,69(79)80)60(38(9)86-54)68-64(78)81-13)31(2)23-43-45(73)24-40(29-70)27-67(43)62(76)55(63(77)93-67)61(75)66(12)42(30)16-15-41-56(66)32(3)22-33(4)57(41)92-53-26-49(59(37(8)85-53)87-39(10)71)90-50-21-19-48(35(6)83-50)89-52-25-46(74)58(36(7)84-52)91-51-20-17-44(72)34(5)82-51/h14-16,23,29,32-38,40-54,56-60,72-75H,17-22,24-28H2,1-13H3,(H,68,78)/b30-14+,31-23+,61-55+/t32-,33+,34-,35-,36-,37-,38+,40-,41-,42-,43+,44+,45-,46+,47-,48?,49+,50-,51-,52-,53-,54-,56+,57-,58?,59-,60-,65-,66+,67-/m0/s1. The van der Waals surface area contributed by atoms with Gasteiger partial charge in [0.15, 0.2) is 43.2 Å². The molecule has 93 heavy (non-hydrogen) atoms. The van der Waals surface area contributed by atoms with Crippen molar-refractivity contribution in [2.45, 2.75) is 288 Å². The van der Waals surface area contributed by atoms with Crippen molar-refractivity contribution in [1.82, 2.24) is 5.32 Å². The van der Waals surface area contributed by atoms with Gasteiger partial charge in [-0.05, 0) is 104 Å². The van der Waals surface area contributed by atoms with Gasteiger partial charge in [-0.2, -0.15) is 0 Å². The first-order chi connectivity index (χ1) is 43.9. The predicted octanol–water partition coefficient (Wildman–Crippen LogP) is 6.44. The summed E-state index contributed by atoms with van der Waals surface area (Å²) in [7, 11) is 1.15. The van der Waals surface area contributed by atoms with E-state index in [9.17, 15) is 49.7 Å².